The van der Waals surface area contributed by atoms with Crippen LogP contribution in [0.2, 0.25) is 0 Å². The zero-order chi connectivity index (χ0) is 22.1. The molecule has 2 aromatic rings. The molecule has 30 heavy (non-hydrogen) atoms. The molecular weight excluding hydrogens is 382 g/mol. The van der Waals surface area contributed by atoms with Crippen molar-refractivity contribution >= 4 is 11.6 Å². The summed E-state index contributed by atoms with van der Waals surface area (Å²) in [5.41, 5.74) is 2.43. The second-order valence-electron chi connectivity index (χ2n) is 7.74. The zero-order valence-corrected chi connectivity index (χ0v) is 18.6. The maximum absolute atomic E-state index is 13.4. The van der Waals surface area contributed by atoms with Crippen LogP contribution in [0.25, 0.3) is 11.1 Å². The molecule has 164 valence electrons. The van der Waals surface area contributed by atoms with Crippen LogP contribution in [0.5, 0.6) is 0 Å². The Labute approximate surface area is 179 Å². The van der Waals surface area contributed by atoms with Gasteiger partial charge in [0.2, 0.25) is 5.91 Å². The fraction of sp³-hybridized carbons (Fsp3) is 0.480. The third-order valence-electron chi connectivity index (χ3n) is 5.29. The van der Waals surface area contributed by atoms with E-state index in [0.717, 1.165) is 30.8 Å². The Morgan fingerprint density at radius 1 is 0.967 bits per heavy atom. The van der Waals surface area contributed by atoms with E-state index in [2.05, 4.69) is 18.7 Å². The van der Waals surface area contributed by atoms with E-state index in [4.69, 9.17) is 0 Å². The molecule has 1 saturated heterocycles. The summed E-state index contributed by atoms with van der Waals surface area (Å²) >= 11 is 0. The standard InChI is InChI=1S/C23H28F2N2O.C2H6/c1-17(2)10-11-22(28)27-14-12-26(13-15-27)19-7-5-6-18(16-19)20-8-3-4-9-21(20)23(24)25;1-2/h3-9,16-17,23H,10-15H2,1-2H3;1-2H3. The highest BCUT2D eigenvalue weighted by atomic mass is 19.3. The van der Waals surface area contributed by atoms with Gasteiger partial charge in [-0.1, -0.05) is 64.1 Å². The molecule has 3 nitrogen and oxygen atoms in total. The van der Waals surface area contributed by atoms with E-state index in [1.165, 1.54) is 6.07 Å². The summed E-state index contributed by atoms with van der Waals surface area (Å²) in [7, 11) is 0. The Bertz CT molecular complexity index is 799. The van der Waals surface area contributed by atoms with Gasteiger partial charge in [0.1, 0.15) is 0 Å². The summed E-state index contributed by atoms with van der Waals surface area (Å²) in [4.78, 5) is 16.5. The largest absolute Gasteiger partial charge is 0.368 e. The number of benzene rings is 2. The summed E-state index contributed by atoms with van der Waals surface area (Å²) in [6, 6.07) is 14.4. The monoisotopic (exact) mass is 416 g/mol. The Morgan fingerprint density at radius 2 is 1.63 bits per heavy atom. The Kier molecular flexibility index (Phi) is 9.28. The average molecular weight is 417 g/mol. The Balaban J connectivity index is 0.00000155. The van der Waals surface area contributed by atoms with Gasteiger partial charge in [-0.3, -0.25) is 4.79 Å². The minimum atomic E-state index is -2.50. The molecule has 1 aliphatic rings. The van der Waals surface area contributed by atoms with Crippen molar-refractivity contribution in [2.75, 3.05) is 31.1 Å². The fourth-order valence-corrected chi connectivity index (χ4v) is 3.60. The first kappa shape index (κ1) is 23.8. The molecule has 0 bridgehead atoms. The molecule has 3 rings (SSSR count). The lowest BCUT2D eigenvalue weighted by molar-refractivity contribution is -0.131. The average Bonchev–Trinajstić information content (AvgIpc) is 2.79. The SMILES string of the molecule is CC.CC(C)CCC(=O)N1CCN(c2cccc(-c3ccccc3C(F)F)c2)CC1. The van der Waals surface area contributed by atoms with Crippen molar-refractivity contribution in [2.45, 2.75) is 47.0 Å². The van der Waals surface area contributed by atoms with Gasteiger partial charge in [0.25, 0.3) is 6.43 Å². The number of piperazine rings is 1. The summed E-state index contributed by atoms with van der Waals surface area (Å²) in [5.74, 6) is 0.761. The van der Waals surface area contributed by atoms with Crippen molar-refractivity contribution in [3.05, 3.63) is 54.1 Å². The van der Waals surface area contributed by atoms with E-state index in [0.29, 0.717) is 31.0 Å². The Hall–Kier alpha value is -2.43. The predicted octanol–water partition coefficient (Wildman–Crippen LogP) is 6.40. The van der Waals surface area contributed by atoms with Crippen LogP contribution in [0, 0.1) is 5.92 Å². The highest BCUT2D eigenvalue weighted by molar-refractivity contribution is 5.77. The van der Waals surface area contributed by atoms with E-state index < -0.39 is 6.43 Å². The number of carbonyl (C=O) groups is 1. The predicted molar refractivity (Wildman–Crippen MR) is 121 cm³/mol. The van der Waals surface area contributed by atoms with Crippen molar-refractivity contribution in [2.24, 2.45) is 5.92 Å². The van der Waals surface area contributed by atoms with Crippen molar-refractivity contribution < 1.29 is 13.6 Å². The van der Waals surface area contributed by atoms with Gasteiger partial charge in [0, 0.05) is 43.9 Å². The lowest BCUT2D eigenvalue weighted by Crippen LogP contribution is -2.48. The molecule has 0 aromatic heterocycles. The van der Waals surface area contributed by atoms with E-state index >= 15 is 0 Å². The maximum Gasteiger partial charge on any atom is 0.264 e. The number of anilines is 1. The number of rotatable bonds is 6. The minimum absolute atomic E-state index is 0.0558. The van der Waals surface area contributed by atoms with Gasteiger partial charge in [-0.25, -0.2) is 8.78 Å². The number of halogens is 2. The summed E-state index contributed by atoms with van der Waals surface area (Å²) < 4.78 is 26.7. The fourth-order valence-electron chi connectivity index (χ4n) is 3.60. The van der Waals surface area contributed by atoms with Crippen molar-refractivity contribution in [3.8, 4) is 11.1 Å². The highest BCUT2D eigenvalue weighted by Crippen LogP contribution is 2.33. The summed E-state index contributed by atoms with van der Waals surface area (Å²) in [6.45, 7) is 11.2. The maximum atomic E-state index is 13.4. The first-order chi connectivity index (χ1) is 14.5. The van der Waals surface area contributed by atoms with Gasteiger partial charge < -0.3 is 9.80 Å². The number of alkyl halides is 2. The number of nitrogens with zero attached hydrogens (tertiary/aromatic N) is 2. The summed E-state index contributed by atoms with van der Waals surface area (Å²) in [5, 5.41) is 0. The van der Waals surface area contributed by atoms with E-state index in [9.17, 15) is 13.6 Å². The molecule has 0 spiro atoms. The van der Waals surface area contributed by atoms with E-state index in [-0.39, 0.29) is 11.5 Å². The number of amides is 1. The molecule has 1 fully saturated rings. The van der Waals surface area contributed by atoms with Crippen LogP contribution in [0.15, 0.2) is 48.5 Å². The molecule has 0 radical (unpaired) electrons. The smallest absolute Gasteiger partial charge is 0.264 e. The van der Waals surface area contributed by atoms with Crippen LogP contribution < -0.4 is 4.90 Å². The number of carbonyl (C=O) groups excluding carboxylic acids is 1. The molecule has 5 heteroatoms. The van der Waals surface area contributed by atoms with Gasteiger partial charge in [0.15, 0.2) is 0 Å². The normalized spacial score (nSPS) is 14.0. The highest BCUT2D eigenvalue weighted by Gasteiger charge is 2.22. The lowest BCUT2D eigenvalue weighted by Gasteiger charge is -2.36. The van der Waals surface area contributed by atoms with Crippen LogP contribution >= 0.6 is 0 Å². The molecule has 1 aliphatic heterocycles. The van der Waals surface area contributed by atoms with Gasteiger partial charge in [-0.15, -0.1) is 0 Å². The van der Waals surface area contributed by atoms with Gasteiger partial charge >= 0.3 is 0 Å². The first-order valence-electron chi connectivity index (χ1n) is 11.0. The molecule has 0 unspecified atom stereocenters. The van der Waals surface area contributed by atoms with Gasteiger partial charge in [-0.05, 0) is 35.6 Å². The van der Waals surface area contributed by atoms with Crippen molar-refractivity contribution in [1.82, 2.24) is 4.90 Å². The van der Waals surface area contributed by atoms with Crippen LogP contribution in [0.4, 0.5) is 14.5 Å². The first-order valence-corrected chi connectivity index (χ1v) is 11.0. The zero-order valence-electron chi connectivity index (χ0n) is 18.6. The number of hydrogen-bond donors (Lipinski definition) is 0. The number of hydrogen-bond acceptors (Lipinski definition) is 2. The van der Waals surface area contributed by atoms with Crippen molar-refractivity contribution in [3.63, 3.8) is 0 Å². The Morgan fingerprint density at radius 3 is 2.27 bits per heavy atom. The molecule has 0 atom stereocenters. The lowest BCUT2D eigenvalue weighted by atomic mass is 9.99. The van der Waals surface area contributed by atoms with Crippen LogP contribution in [0.1, 0.15) is 52.5 Å². The van der Waals surface area contributed by atoms with E-state index in [1.54, 1.807) is 18.2 Å². The molecule has 1 heterocycles. The van der Waals surface area contributed by atoms with E-state index in [1.807, 2.05) is 43.0 Å². The quantitative estimate of drug-likeness (QED) is 0.544. The summed E-state index contributed by atoms with van der Waals surface area (Å²) in [6.07, 6.45) is -0.970. The second kappa shape index (κ2) is 11.7. The van der Waals surface area contributed by atoms with Gasteiger partial charge in [0.05, 0.1) is 0 Å². The molecule has 0 saturated carbocycles. The topological polar surface area (TPSA) is 23.6 Å². The van der Waals surface area contributed by atoms with Crippen molar-refractivity contribution in [1.29, 1.82) is 0 Å². The molecule has 0 N–H and O–H groups in total. The second-order valence-corrected chi connectivity index (χ2v) is 7.74. The molecule has 2 aromatic carbocycles. The molecule has 1 amide bonds. The molecule has 0 aliphatic carbocycles. The third-order valence-corrected chi connectivity index (χ3v) is 5.29. The molecular formula is C25H34F2N2O. The van der Waals surface area contributed by atoms with Crippen LogP contribution in [-0.2, 0) is 4.79 Å². The van der Waals surface area contributed by atoms with Crippen LogP contribution in [0.3, 0.4) is 0 Å². The minimum Gasteiger partial charge on any atom is -0.368 e. The van der Waals surface area contributed by atoms with Gasteiger partial charge in [-0.2, -0.15) is 0 Å². The third kappa shape index (κ3) is 6.28. The van der Waals surface area contributed by atoms with Crippen LogP contribution in [-0.4, -0.2) is 37.0 Å².